The van der Waals surface area contributed by atoms with E-state index < -0.39 is 30.2 Å². The number of nitrogens with zero attached hydrogens (tertiary/aromatic N) is 1. The summed E-state index contributed by atoms with van der Waals surface area (Å²) in [4.78, 5) is 37.6. The fourth-order valence-electron chi connectivity index (χ4n) is 3.11. The summed E-state index contributed by atoms with van der Waals surface area (Å²) in [6, 6.07) is 10.7. The van der Waals surface area contributed by atoms with Gasteiger partial charge in [-0.05, 0) is 41.7 Å². The third-order valence-electron chi connectivity index (χ3n) is 4.80. The number of amides is 2. The van der Waals surface area contributed by atoms with Gasteiger partial charge in [-0.2, -0.15) is 0 Å². The maximum absolute atomic E-state index is 12.8. The molecule has 0 aliphatic carbocycles. The Bertz CT molecular complexity index is 894. The highest BCUT2D eigenvalue weighted by atomic mass is 16.3. The van der Waals surface area contributed by atoms with E-state index in [1.807, 2.05) is 24.3 Å². The Labute approximate surface area is 174 Å². The van der Waals surface area contributed by atoms with E-state index in [-0.39, 0.29) is 17.9 Å². The van der Waals surface area contributed by atoms with Crippen LogP contribution in [0.4, 0.5) is 0 Å². The summed E-state index contributed by atoms with van der Waals surface area (Å²) in [5.74, 6) is -2.58. The number of hydrogen-bond donors (Lipinski definition) is 4. The van der Waals surface area contributed by atoms with Crippen LogP contribution in [0.3, 0.4) is 0 Å². The number of phenols is 1. The van der Waals surface area contributed by atoms with E-state index in [0.29, 0.717) is 12.0 Å². The van der Waals surface area contributed by atoms with Gasteiger partial charge in [-0.15, -0.1) is 0 Å². The molecule has 160 valence electrons. The zero-order valence-electron chi connectivity index (χ0n) is 17.0. The number of nitrogens with one attached hydrogen (secondary N) is 1. The Kier molecular flexibility index (Phi) is 8.08. The van der Waals surface area contributed by atoms with Gasteiger partial charge >= 0.3 is 0 Å². The van der Waals surface area contributed by atoms with Gasteiger partial charge in [0.25, 0.3) is 5.91 Å². The second kappa shape index (κ2) is 10.5. The lowest BCUT2D eigenvalue weighted by molar-refractivity contribution is -0.135. The lowest BCUT2D eigenvalue weighted by Crippen LogP contribution is -2.52. The highest BCUT2D eigenvalue weighted by Gasteiger charge is 2.33. The average molecular weight is 414 g/mol. The Morgan fingerprint density at radius 1 is 1.03 bits per heavy atom. The number of aliphatic hydroxyl groups is 2. The molecule has 0 saturated carbocycles. The summed E-state index contributed by atoms with van der Waals surface area (Å²) < 4.78 is 0. The first-order valence-corrected chi connectivity index (χ1v) is 9.49. The summed E-state index contributed by atoms with van der Waals surface area (Å²) in [5.41, 5.74) is 2.54. The van der Waals surface area contributed by atoms with Gasteiger partial charge in [0.15, 0.2) is 11.8 Å². The van der Waals surface area contributed by atoms with Crippen LogP contribution in [0, 0.1) is 0 Å². The largest absolute Gasteiger partial charge is 0.507 e. The molecule has 0 aromatic heterocycles. The normalized spacial score (nSPS) is 11.6. The Morgan fingerprint density at radius 2 is 1.67 bits per heavy atom. The molecule has 8 nitrogen and oxygen atoms in total. The molecule has 0 saturated heterocycles. The van der Waals surface area contributed by atoms with E-state index in [1.165, 1.54) is 26.2 Å². The van der Waals surface area contributed by atoms with Crippen LogP contribution >= 0.6 is 0 Å². The molecular formula is C22H26N2O6. The molecular weight excluding hydrogens is 388 g/mol. The number of benzene rings is 2. The molecule has 30 heavy (non-hydrogen) atoms. The molecule has 0 aliphatic heterocycles. The van der Waals surface area contributed by atoms with Gasteiger partial charge in [-0.25, -0.2) is 0 Å². The van der Waals surface area contributed by atoms with Crippen LogP contribution in [0.2, 0.25) is 0 Å². The highest BCUT2D eigenvalue weighted by molar-refractivity contribution is 6.10. The van der Waals surface area contributed by atoms with Crippen LogP contribution in [0.25, 0.3) is 11.1 Å². The van der Waals surface area contributed by atoms with Crippen LogP contribution in [-0.4, -0.2) is 71.2 Å². The van der Waals surface area contributed by atoms with Crippen molar-refractivity contribution in [1.82, 2.24) is 10.2 Å². The van der Waals surface area contributed by atoms with Crippen molar-refractivity contribution in [1.29, 1.82) is 0 Å². The lowest BCUT2D eigenvalue weighted by Gasteiger charge is -2.25. The van der Waals surface area contributed by atoms with Crippen LogP contribution in [0.1, 0.15) is 22.3 Å². The molecule has 0 spiro atoms. The molecule has 0 aliphatic rings. The molecule has 1 unspecified atom stereocenters. The van der Waals surface area contributed by atoms with Gasteiger partial charge in [0, 0.05) is 20.7 Å². The van der Waals surface area contributed by atoms with Crippen molar-refractivity contribution in [3.63, 3.8) is 0 Å². The zero-order valence-corrected chi connectivity index (χ0v) is 17.0. The third-order valence-corrected chi connectivity index (χ3v) is 4.80. The Hall–Kier alpha value is -3.23. The van der Waals surface area contributed by atoms with Crippen molar-refractivity contribution in [2.75, 3.05) is 27.3 Å². The maximum atomic E-state index is 12.8. The predicted molar refractivity (Wildman–Crippen MR) is 111 cm³/mol. The number of aromatic hydroxyl groups is 1. The van der Waals surface area contributed by atoms with E-state index in [1.54, 1.807) is 6.07 Å². The fourth-order valence-corrected chi connectivity index (χ4v) is 3.11. The monoisotopic (exact) mass is 414 g/mol. The second-order valence-electron chi connectivity index (χ2n) is 6.81. The van der Waals surface area contributed by atoms with Crippen molar-refractivity contribution in [3.05, 3.63) is 53.6 Å². The Morgan fingerprint density at radius 3 is 2.20 bits per heavy atom. The van der Waals surface area contributed by atoms with Crippen LogP contribution in [0.15, 0.2) is 42.5 Å². The van der Waals surface area contributed by atoms with Crippen molar-refractivity contribution in [3.8, 4) is 16.9 Å². The van der Waals surface area contributed by atoms with Gasteiger partial charge in [0.05, 0.1) is 5.56 Å². The minimum absolute atomic E-state index is 0.0690. The first-order chi connectivity index (χ1) is 14.3. The van der Waals surface area contributed by atoms with E-state index in [0.717, 1.165) is 22.4 Å². The smallest absolute Gasteiger partial charge is 0.258 e. The number of carbonyl (C=O) groups is 3. The number of ketones is 1. The highest BCUT2D eigenvalue weighted by Crippen LogP contribution is 2.28. The van der Waals surface area contributed by atoms with Crippen LogP contribution < -0.4 is 5.32 Å². The van der Waals surface area contributed by atoms with Crippen molar-refractivity contribution >= 4 is 17.6 Å². The van der Waals surface area contributed by atoms with Gasteiger partial charge in [0.2, 0.25) is 5.91 Å². The summed E-state index contributed by atoms with van der Waals surface area (Å²) in [6.07, 6.45) is 1.45. The molecule has 2 aromatic carbocycles. The molecule has 1 atom stereocenters. The van der Waals surface area contributed by atoms with E-state index >= 15 is 0 Å². The SMILES string of the molecule is CNC(=O)C(C(=O)CO)N(C)C(=O)c1ccc(-c2ccc(CCCO)cc2)cc1O. The minimum atomic E-state index is -1.50. The van der Waals surface area contributed by atoms with E-state index in [4.69, 9.17) is 10.2 Å². The van der Waals surface area contributed by atoms with Crippen LogP contribution in [0.5, 0.6) is 5.75 Å². The quantitative estimate of drug-likeness (QED) is 0.448. The summed E-state index contributed by atoms with van der Waals surface area (Å²) in [6.45, 7) is -0.765. The van der Waals surface area contributed by atoms with Gasteiger partial charge in [-0.3, -0.25) is 14.4 Å². The first kappa shape index (κ1) is 23.1. The number of aliphatic hydroxyl groups excluding tert-OH is 2. The van der Waals surface area contributed by atoms with Gasteiger partial charge in [-0.1, -0.05) is 30.3 Å². The Balaban J connectivity index is 2.26. The predicted octanol–water partition coefficient (Wildman–Crippen LogP) is 0.732. The zero-order chi connectivity index (χ0) is 22.3. The number of Topliss-reactive ketones (excluding diaryl/α,β-unsaturated/α-hetero) is 1. The maximum Gasteiger partial charge on any atom is 0.258 e. The van der Waals surface area contributed by atoms with Crippen molar-refractivity contribution < 1.29 is 29.7 Å². The molecule has 2 rings (SSSR count). The average Bonchev–Trinajstić information content (AvgIpc) is 2.77. The standard InChI is InChI=1S/C22H26N2O6/c1-23-21(29)20(19(28)13-26)24(2)22(30)17-10-9-16(12-18(17)27)15-7-5-14(6-8-15)4-3-11-25/h5-10,12,20,25-27H,3-4,11,13H2,1-2H3,(H,23,29). The fraction of sp³-hybridized carbons (Fsp3) is 0.318. The molecule has 0 bridgehead atoms. The summed E-state index contributed by atoms with van der Waals surface area (Å²) in [5, 5.41) is 30.7. The van der Waals surface area contributed by atoms with Crippen molar-refractivity contribution in [2.24, 2.45) is 0 Å². The number of likely N-dealkylation sites (N-methyl/N-ethyl adjacent to an activating group) is 2. The number of hydrogen-bond acceptors (Lipinski definition) is 6. The lowest BCUT2D eigenvalue weighted by atomic mass is 10.00. The van der Waals surface area contributed by atoms with E-state index in [2.05, 4.69) is 5.32 Å². The molecule has 2 amide bonds. The molecule has 4 N–H and O–H groups in total. The topological polar surface area (TPSA) is 127 Å². The molecule has 8 heteroatoms. The van der Waals surface area contributed by atoms with Gasteiger partial charge < -0.3 is 25.5 Å². The van der Waals surface area contributed by atoms with Crippen molar-refractivity contribution in [2.45, 2.75) is 18.9 Å². The number of carbonyl (C=O) groups excluding carboxylic acids is 3. The summed E-state index contributed by atoms with van der Waals surface area (Å²) in [7, 11) is 2.58. The molecule has 0 radical (unpaired) electrons. The molecule has 0 fully saturated rings. The summed E-state index contributed by atoms with van der Waals surface area (Å²) >= 11 is 0. The van der Waals surface area contributed by atoms with Crippen LogP contribution in [-0.2, 0) is 16.0 Å². The molecule has 0 heterocycles. The van der Waals surface area contributed by atoms with E-state index in [9.17, 15) is 19.5 Å². The molecule has 2 aromatic rings. The second-order valence-corrected chi connectivity index (χ2v) is 6.81. The number of phenolic OH excluding ortho intramolecular Hbond substituents is 1. The third kappa shape index (κ3) is 5.22. The minimum Gasteiger partial charge on any atom is -0.507 e. The number of aryl methyl sites for hydroxylation is 1. The first-order valence-electron chi connectivity index (χ1n) is 9.49. The van der Waals surface area contributed by atoms with Gasteiger partial charge in [0.1, 0.15) is 12.4 Å². The number of rotatable bonds is 9.